The van der Waals surface area contributed by atoms with Crippen LogP contribution in [0.4, 0.5) is 11.4 Å². The second kappa shape index (κ2) is 10.3. The number of carbonyl (C=O) groups excluding carboxylic acids is 2. The average molecular weight is 473 g/mol. The van der Waals surface area contributed by atoms with E-state index >= 15 is 0 Å². The molecule has 2 N–H and O–H groups in total. The Balaban J connectivity index is 1.75. The van der Waals surface area contributed by atoms with Crippen LogP contribution in [0.1, 0.15) is 15.9 Å². The van der Waals surface area contributed by atoms with E-state index in [9.17, 15) is 18.0 Å². The van der Waals surface area contributed by atoms with Gasteiger partial charge in [0.05, 0.1) is 28.2 Å². The van der Waals surface area contributed by atoms with E-state index in [1.54, 1.807) is 54.9 Å². The Morgan fingerprint density at radius 1 is 1.03 bits per heavy atom. The molecule has 10 heteroatoms. The van der Waals surface area contributed by atoms with Crippen molar-refractivity contribution in [3.8, 4) is 0 Å². The van der Waals surface area contributed by atoms with E-state index in [4.69, 9.17) is 11.6 Å². The van der Waals surface area contributed by atoms with Gasteiger partial charge < -0.3 is 10.6 Å². The molecule has 0 atom stereocenters. The number of hydrogen-bond acceptors (Lipinski definition) is 5. The summed E-state index contributed by atoms with van der Waals surface area (Å²) < 4.78 is 25.5. The Labute approximate surface area is 191 Å². The topological polar surface area (TPSA) is 108 Å². The molecule has 1 heterocycles. The van der Waals surface area contributed by atoms with Crippen LogP contribution in [-0.2, 0) is 21.4 Å². The molecule has 0 aliphatic carbocycles. The smallest absolute Gasteiger partial charge is 0.253 e. The van der Waals surface area contributed by atoms with Crippen molar-refractivity contribution in [2.24, 2.45) is 0 Å². The van der Waals surface area contributed by atoms with Crippen LogP contribution in [0.3, 0.4) is 0 Å². The highest BCUT2D eigenvalue weighted by Gasteiger charge is 2.23. The fourth-order valence-corrected chi connectivity index (χ4v) is 4.08. The maximum Gasteiger partial charge on any atom is 0.253 e. The minimum absolute atomic E-state index is 0.189. The number of rotatable bonds is 8. The molecule has 0 spiro atoms. The first-order valence-corrected chi connectivity index (χ1v) is 11.8. The van der Waals surface area contributed by atoms with Crippen molar-refractivity contribution in [3.05, 3.63) is 89.2 Å². The Hall–Kier alpha value is -3.43. The summed E-state index contributed by atoms with van der Waals surface area (Å²) in [6, 6.07) is 16.4. The number of para-hydroxylation sites is 2. The molecule has 0 aliphatic rings. The first-order valence-electron chi connectivity index (χ1n) is 9.54. The fourth-order valence-electron chi connectivity index (χ4n) is 2.93. The van der Waals surface area contributed by atoms with Crippen LogP contribution < -0.4 is 14.9 Å². The lowest BCUT2D eigenvalue weighted by molar-refractivity contribution is -0.114. The van der Waals surface area contributed by atoms with Crippen molar-refractivity contribution >= 4 is 44.8 Å². The SMILES string of the molecule is CS(=O)(=O)N(CC(=O)Nc1ccccc1C(=O)NCc1cccnc1)c1ccccc1Cl. The van der Waals surface area contributed by atoms with E-state index in [-0.39, 0.29) is 28.5 Å². The molecule has 0 saturated heterocycles. The van der Waals surface area contributed by atoms with Crippen molar-refractivity contribution in [1.29, 1.82) is 0 Å². The van der Waals surface area contributed by atoms with Gasteiger partial charge in [0, 0.05) is 18.9 Å². The molecule has 1 aromatic heterocycles. The van der Waals surface area contributed by atoms with Crippen LogP contribution in [0.25, 0.3) is 0 Å². The number of benzene rings is 2. The van der Waals surface area contributed by atoms with Crippen LogP contribution in [0.15, 0.2) is 73.1 Å². The predicted molar refractivity (Wildman–Crippen MR) is 124 cm³/mol. The highest BCUT2D eigenvalue weighted by atomic mass is 35.5. The second-order valence-electron chi connectivity index (χ2n) is 6.86. The number of sulfonamides is 1. The van der Waals surface area contributed by atoms with E-state index in [1.165, 1.54) is 12.1 Å². The van der Waals surface area contributed by atoms with Gasteiger partial charge in [0.25, 0.3) is 5.91 Å². The molecule has 166 valence electrons. The summed E-state index contributed by atoms with van der Waals surface area (Å²) in [6.07, 6.45) is 4.27. The van der Waals surface area contributed by atoms with Crippen LogP contribution in [0.5, 0.6) is 0 Å². The van der Waals surface area contributed by atoms with Crippen LogP contribution in [0, 0.1) is 0 Å². The van der Waals surface area contributed by atoms with Crippen molar-refractivity contribution in [1.82, 2.24) is 10.3 Å². The lowest BCUT2D eigenvalue weighted by atomic mass is 10.1. The number of hydrogen-bond donors (Lipinski definition) is 2. The second-order valence-corrected chi connectivity index (χ2v) is 9.17. The molecule has 8 nitrogen and oxygen atoms in total. The Morgan fingerprint density at radius 2 is 1.75 bits per heavy atom. The highest BCUT2D eigenvalue weighted by molar-refractivity contribution is 7.92. The summed E-state index contributed by atoms with van der Waals surface area (Å²) in [5, 5.41) is 5.59. The minimum Gasteiger partial charge on any atom is -0.348 e. The molecule has 3 aromatic rings. The summed E-state index contributed by atoms with van der Waals surface area (Å²) in [6.45, 7) is -0.239. The zero-order valence-electron chi connectivity index (χ0n) is 17.2. The molecule has 0 unspecified atom stereocenters. The number of amides is 2. The number of nitrogens with zero attached hydrogens (tertiary/aromatic N) is 2. The third-order valence-corrected chi connectivity index (χ3v) is 5.88. The molecule has 0 radical (unpaired) electrons. The third kappa shape index (κ3) is 6.05. The first-order chi connectivity index (χ1) is 15.3. The minimum atomic E-state index is -3.79. The molecule has 0 saturated carbocycles. The number of halogens is 1. The predicted octanol–water partition coefficient (Wildman–Crippen LogP) is 3.07. The largest absolute Gasteiger partial charge is 0.348 e. The number of pyridine rings is 1. The molecular formula is C22H21ClN4O4S. The molecular weight excluding hydrogens is 452 g/mol. The molecule has 0 fully saturated rings. The van der Waals surface area contributed by atoms with E-state index in [2.05, 4.69) is 15.6 Å². The molecule has 32 heavy (non-hydrogen) atoms. The number of aromatic nitrogens is 1. The summed E-state index contributed by atoms with van der Waals surface area (Å²) in [5.74, 6) is -1.02. The molecule has 2 aromatic carbocycles. The van der Waals surface area contributed by atoms with Crippen molar-refractivity contribution in [2.75, 3.05) is 22.4 Å². The standard InChI is InChI=1S/C22H21ClN4O4S/c1-32(30,31)27(20-11-5-3-9-18(20)23)15-21(28)26-19-10-4-2-8-17(19)22(29)25-14-16-7-6-12-24-13-16/h2-13H,14-15H2,1H3,(H,25,29)(H,26,28). The first kappa shape index (κ1) is 23.2. The van der Waals surface area contributed by atoms with Crippen molar-refractivity contribution < 1.29 is 18.0 Å². The van der Waals surface area contributed by atoms with Crippen LogP contribution in [0.2, 0.25) is 5.02 Å². The third-order valence-electron chi connectivity index (χ3n) is 4.43. The Bertz CT molecular complexity index is 1220. The molecule has 0 bridgehead atoms. The van der Waals surface area contributed by atoms with Crippen LogP contribution >= 0.6 is 11.6 Å². The van der Waals surface area contributed by atoms with Crippen molar-refractivity contribution in [2.45, 2.75) is 6.54 Å². The number of anilines is 2. The van der Waals surface area contributed by atoms with Gasteiger partial charge >= 0.3 is 0 Å². The summed E-state index contributed by atoms with van der Waals surface area (Å²) in [7, 11) is -3.79. The van der Waals surface area contributed by atoms with Gasteiger partial charge in [0.1, 0.15) is 6.54 Å². The molecule has 0 aliphatic heterocycles. The highest BCUT2D eigenvalue weighted by Crippen LogP contribution is 2.27. The van der Waals surface area contributed by atoms with Gasteiger partial charge in [0.2, 0.25) is 15.9 Å². The van der Waals surface area contributed by atoms with Gasteiger partial charge in [-0.05, 0) is 35.9 Å². The van der Waals surface area contributed by atoms with Gasteiger partial charge in [-0.25, -0.2) is 8.42 Å². The molecule has 2 amide bonds. The average Bonchev–Trinajstić information content (AvgIpc) is 2.77. The quantitative estimate of drug-likeness (QED) is 0.523. The Kier molecular flexibility index (Phi) is 7.45. The monoisotopic (exact) mass is 472 g/mol. The number of carbonyl (C=O) groups is 2. The summed E-state index contributed by atoms with van der Waals surface area (Å²) in [5.41, 5.74) is 1.52. The van der Waals surface area contributed by atoms with E-state index < -0.39 is 28.4 Å². The van der Waals surface area contributed by atoms with Gasteiger partial charge in [-0.3, -0.25) is 18.9 Å². The van der Waals surface area contributed by atoms with Gasteiger partial charge in [-0.15, -0.1) is 0 Å². The summed E-state index contributed by atoms with van der Waals surface area (Å²) in [4.78, 5) is 29.4. The van der Waals surface area contributed by atoms with Gasteiger partial charge in [-0.2, -0.15) is 0 Å². The zero-order valence-corrected chi connectivity index (χ0v) is 18.7. The maximum absolute atomic E-state index is 12.7. The Morgan fingerprint density at radius 3 is 2.44 bits per heavy atom. The zero-order chi connectivity index (χ0) is 23.1. The van der Waals surface area contributed by atoms with Crippen molar-refractivity contribution in [3.63, 3.8) is 0 Å². The number of nitrogens with one attached hydrogen (secondary N) is 2. The maximum atomic E-state index is 12.7. The normalized spacial score (nSPS) is 10.9. The molecule has 3 rings (SSSR count). The lowest BCUT2D eigenvalue weighted by Gasteiger charge is -2.23. The fraction of sp³-hybridized carbons (Fsp3) is 0.136. The lowest BCUT2D eigenvalue weighted by Crippen LogP contribution is -2.38. The van der Waals surface area contributed by atoms with Gasteiger partial charge in [-0.1, -0.05) is 41.9 Å². The summed E-state index contributed by atoms with van der Waals surface area (Å²) >= 11 is 6.13. The van der Waals surface area contributed by atoms with Crippen LogP contribution in [-0.4, -0.2) is 38.0 Å². The van der Waals surface area contributed by atoms with E-state index in [0.29, 0.717) is 0 Å². The van der Waals surface area contributed by atoms with E-state index in [1.807, 2.05) is 6.07 Å². The van der Waals surface area contributed by atoms with Gasteiger partial charge in [0.15, 0.2) is 0 Å². The van der Waals surface area contributed by atoms with E-state index in [0.717, 1.165) is 16.1 Å².